The number of benzene rings is 1. The Morgan fingerprint density at radius 1 is 1.52 bits per heavy atom. The minimum Gasteiger partial charge on any atom is -0.495 e. The van der Waals surface area contributed by atoms with Gasteiger partial charge in [0.05, 0.1) is 31.5 Å². The molecule has 21 heavy (non-hydrogen) atoms. The SMILES string of the molecule is COc1ccc(C)cc1NC(=O)C(C)N1CCOC(C)C1. The second kappa shape index (κ2) is 6.91. The monoisotopic (exact) mass is 292 g/mol. The number of ether oxygens (including phenoxy) is 2. The van der Waals surface area contributed by atoms with Crippen LogP contribution < -0.4 is 10.1 Å². The standard InChI is InChI=1S/C16H24N2O3/c1-11-5-6-15(20-4)14(9-11)17-16(19)13(3)18-7-8-21-12(2)10-18/h5-6,9,12-13H,7-8,10H2,1-4H3,(H,17,19). The molecule has 0 spiro atoms. The first-order valence-corrected chi connectivity index (χ1v) is 7.32. The maximum absolute atomic E-state index is 12.4. The third-order valence-corrected chi connectivity index (χ3v) is 3.81. The highest BCUT2D eigenvalue weighted by molar-refractivity contribution is 5.95. The number of anilines is 1. The number of morpholine rings is 1. The van der Waals surface area contributed by atoms with Crippen LogP contribution in [0.3, 0.4) is 0 Å². The minimum absolute atomic E-state index is 0.0204. The van der Waals surface area contributed by atoms with E-state index in [1.54, 1.807) is 7.11 Å². The summed E-state index contributed by atoms with van der Waals surface area (Å²) in [5.41, 5.74) is 1.80. The van der Waals surface area contributed by atoms with E-state index in [2.05, 4.69) is 10.2 Å². The van der Waals surface area contributed by atoms with Gasteiger partial charge in [0, 0.05) is 13.1 Å². The van der Waals surface area contributed by atoms with E-state index in [0.29, 0.717) is 12.4 Å². The fourth-order valence-corrected chi connectivity index (χ4v) is 2.52. The number of hydrogen-bond acceptors (Lipinski definition) is 4. The van der Waals surface area contributed by atoms with Crippen molar-refractivity contribution < 1.29 is 14.3 Å². The maximum atomic E-state index is 12.4. The Bertz CT molecular complexity index is 504. The van der Waals surface area contributed by atoms with Crippen molar-refractivity contribution in [3.63, 3.8) is 0 Å². The van der Waals surface area contributed by atoms with Crippen LogP contribution in [0, 0.1) is 6.92 Å². The first-order valence-electron chi connectivity index (χ1n) is 7.32. The van der Waals surface area contributed by atoms with E-state index in [1.165, 1.54) is 0 Å². The van der Waals surface area contributed by atoms with Gasteiger partial charge < -0.3 is 14.8 Å². The van der Waals surface area contributed by atoms with Gasteiger partial charge >= 0.3 is 0 Å². The van der Waals surface area contributed by atoms with E-state index in [-0.39, 0.29) is 18.1 Å². The van der Waals surface area contributed by atoms with Gasteiger partial charge in [0.1, 0.15) is 5.75 Å². The van der Waals surface area contributed by atoms with E-state index in [4.69, 9.17) is 9.47 Å². The molecule has 2 rings (SSSR count). The van der Waals surface area contributed by atoms with Crippen molar-refractivity contribution in [1.29, 1.82) is 0 Å². The van der Waals surface area contributed by atoms with Gasteiger partial charge in [-0.1, -0.05) is 6.07 Å². The summed E-state index contributed by atoms with van der Waals surface area (Å²) in [7, 11) is 1.60. The Morgan fingerprint density at radius 2 is 2.29 bits per heavy atom. The summed E-state index contributed by atoms with van der Waals surface area (Å²) in [6.07, 6.45) is 0.169. The van der Waals surface area contributed by atoms with Gasteiger partial charge in [0.15, 0.2) is 0 Å². The second-order valence-corrected chi connectivity index (χ2v) is 5.55. The summed E-state index contributed by atoms with van der Waals surface area (Å²) < 4.78 is 10.8. The first-order chi connectivity index (χ1) is 10.0. The lowest BCUT2D eigenvalue weighted by molar-refractivity contribution is -0.123. The number of nitrogens with zero attached hydrogens (tertiary/aromatic N) is 1. The molecule has 0 bridgehead atoms. The van der Waals surface area contributed by atoms with Crippen molar-refractivity contribution in [3.8, 4) is 5.75 Å². The number of carbonyl (C=O) groups excluding carboxylic acids is 1. The molecule has 0 aromatic heterocycles. The molecule has 2 atom stereocenters. The van der Waals surface area contributed by atoms with Gasteiger partial charge in [-0.2, -0.15) is 0 Å². The number of amides is 1. The van der Waals surface area contributed by atoms with Crippen molar-refractivity contribution in [2.24, 2.45) is 0 Å². The summed E-state index contributed by atoms with van der Waals surface area (Å²) in [5.74, 6) is 0.657. The molecule has 116 valence electrons. The molecule has 1 N–H and O–H groups in total. The van der Waals surface area contributed by atoms with Gasteiger partial charge in [-0.05, 0) is 38.5 Å². The summed E-state index contributed by atoms with van der Waals surface area (Å²) in [6, 6.07) is 5.56. The Kier molecular flexibility index (Phi) is 5.20. The third kappa shape index (κ3) is 3.95. The zero-order chi connectivity index (χ0) is 15.4. The lowest BCUT2D eigenvalue weighted by Gasteiger charge is -2.34. The normalized spacial score (nSPS) is 20.9. The van der Waals surface area contributed by atoms with Crippen LogP contribution >= 0.6 is 0 Å². The first kappa shape index (κ1) is 15.8. The van der Waals surface area contributed by atoms with Crippen LogP contribution in [-0.4, -0.2) is 49.8 Å². The molecule has 1 saturated heterocycles. The summed E-state index contributed by atoms with van der Waals surface area (Å²) in [6.45, 7) is 8.17. The fourth-order valence-electron chi connectivity index (χ4n) is 2.52. The van der Waals surface area contributed by atoms with Crippen LogP contribution in [0.15, 0.2) is 18.2 Å². The third-order valence-electron chi connectivity index (χ3n) is 3.81. The van der Waals surface area contributed by atoms with Crippen LogP contribution in [0.5, 0.6) is 5.75 Å². The van der Waals surface area contributed by atoms with Crippen molar-refractivity contribution in [2.45, 2.75) is 32.9 Å². The number of rotatable bonds is 4. The molecule has 1 aliphatic rings. The van der Waals surface area contributed by atoms with E-state index >= 15 is 0 Å². The number of aryl methyl sites for hydroxylation is 1. The lowest BCUT2D eigenvalue weighted by atomic mass is 10.1. The molecule has 1 heterocycles. The zero-order valence-electron chi connectivity index (χ0n) is 13.2. The molecule has 1 aromatic rings. The van der Waals surface area contributed by atoms with Crippen molar-refractivity contribution >= 4 is 11.6 Å². The average molecular weight is 292 g/mol. The zero-order valence-corrected chi connectivity index (χ0v) is 13.2. The Balaban J connectivity index is 2.05. The number of hydrogen-bond donors (Lipinski definition) is 1. The molecule has 5 heteroatoms. The van der Waals surface area contributed by atoms with Gasteiger partial charge in [0.25, 0.3) is 0 Å². The molecule has 0 radical (unpaired) electrons. The van der Waals surface area contributed by atoms with Crippen LogP contribution in [-0.2, 0) is 9.53 Å². The smallest absolute Gasteiger partial charge is 0.241 e. The van der Waals surface area contributed by atoms with E-state index in [9.17, 15) is 4.79 Å². The van der Waals surface area contributed by atoms with Crippen molar-refractivity contribution in [1.82, 2.24) is 4.90 Å². The Labute approximate surface area is 126 Å². The molecule has 1 fully saturated rings. The molecule has 1 aliphatic heterocycles. The summed E-state index contributed by atoms with van der Waals surface area (Å²) in [5, 5.41) is 2.97. The summed E-state index contributed by atoms with van der Waals surface area (Å²) >= 11 is 0. The Morgan fingerprint density at radius 3 is 2.95 bits per heavy atom. The van der Waals surface area contributed by atoms with Crippen LogP contribution in [0.4, 0.5) is 5.69 Å². The van der Waals surface area contributed by atoms with E-state index < -0.39 is 0 Å². The average Bonchev–Trinajstić information content (AvgIpc) is 2.46. The van der Waals surface area contributed by atoms with Crippen molar-refractivity contribution in [3.05, 3.63) is 23.8 Å². The van der Waals surface area contributed by atoms with Crippen LogP contribution in [0.1, 0.15) is 19.4 Å². The molecule has 2 unspecified atom stereocenters. The van der Waals surface area contributed by atoms with Gasteiger partial charge in [-0.15, -0.1) is 0 Å². The van der Waals surface area contributed by atoms with Crippen LogP contribution in [0.2, 0.25) is 0 Å². The lowest BCUT2D eigenvalue weighted by Crippen LogP contribution is -2.50. The highest BCUT2D eigenvalue weighted by Crippen LogP contribution is 2.25. The molecule has 5 nitrogen and oxygen atoms in total. The minimum atomic E-state index is -0.193. The highest BCUT2D eigenvalue weighted by Gasteiger charge is 2.26. The summed E-state index contributed by atoms with van der Waals surface area (Å²) in [4.78, 5) is 14.6. The maximum Gasteiger partial charge on any atom is 0.241 e. The topological polar surface area (TPSA) is 50.8 Å². The number of carbonyl (C=O) groups is 1. The van der Waals surface area contributed by atoms with Gasteiger partial charge in [0.2, 0.25) is 5.91 Å². The largest absolute Gasteiger partial charge is 0.495 e. The van der Waals surface area contributed by atoms with Gasteiger partial charge in [-0.3, -0.25) is 9.69 Å². The molecule has 1 aromatic carbocycles. The second-order valence-electron chi connectivity index (χ2n) is 5.55. The quantitative estimate of drug-likeness (QED) is 0.923. The molecule has 0 saturated carbocycles. The molecular weight excluding hydrogens is 268 g/mol. The molecular formula is C16H24N2O3. The predicted molar refractivity (Wildman–Crippen MR) is 82.8 cm³/mol. The van der Waals surface area contributed by atoms with E-state index in [0.717, 1.165) is 24.3 Å². The number of nitrogens with one attached hydrogen (secondary N) is 1. The highest BCUT2D eigenvalue weighted by atomic mass is 16.5. The van der Waals surface area contributed by atoms with Gasteiger partial charge in [-0.25, -0.2) is 0 Å². The number of methoxy groups -OCH3 is 1. The van der Waals surface area contributed by atoms with Crippen molar-refractivity contribution in [2.75, 3.05) is 32.1 Å². The van der Waals surface area contributed by atoms with Crippen LogP contribution in [0.25, 0.3) is 0 Å². The predicted octanol–water partition coefficient (Wildman–Crippen LogP) is 2.05. The molecule has 0 aliphatic carbocycles. The fraction of sp³-hybridized carbons (Fsp3) is 0.562. The molecule has 1 amide bonds. The Hall–Kier alpha value is -1.59. The van der Waals surface area contributed by atoms with E-state index in [1.807, 2.05) is 39.0 Å².